The lowest BCUT2D eigenvalue weighted by atomic mass is 9.96. The molecule has 114 valence electrons. The Balaban J connectivity index is 1.82. The van der Waals surface area contributed by atoms with Gasteiger partial charge in [-0.25, -0.2) is 0 Å². The van der Waals surface area contributed by atoms with Crippen LogP contribution < -0.4 is 5.73 Å². The summed E-state index contributed by atoms with van der Waals surface area (Å²) < 4.78 is 0. The smallest absolute Gasteiger partial charge is 0.222 e. The van der Waals surface area contributed by atoms with Gasteiger partial charge >= 0.3 is 0 Å². The highest BCUT2D eigenvalue weighted by Gasteiger charge is 2.25. The third-order valence-electron chi connectivity index (χ3n) is 4.11. The number of piperidine rings is 1. The molecule has 1 aliphatic rings. The van der Waals surface area contributed by atoms with E-state index in [0.717, 1.165) is 16.1 Å². The second-order valence-corrected chi connectivity index (χ2v) is 6.05. The Kier molecular flexibility index (Phi) is 5.23. The summed E-state index contributed by atoms with van der Waals surface area (Å²) in [6, 6.07) is 5.90. The van der Waals surface area contributed by atoms with Gasteiger partial charge in [0.15, 0.2) is 0 Å². The average Bonchev–Trinajstić information content (AvgIpc) is 2.48. The van der Waals surface area contributed by atoms with E-state index in [1.165, 1.54) is 0 Å². The predicted octanol–water partition coefficient (Wildman–Crippen LogP) is 2.30. The van der Waals surface area contributed by atoms with Crippen molar-refractivity contribution < 1.29 is 9.59 Å². The van der Waals surface area contributed by atoms with Gasteiger partial charge in [0.05, 0.1) is 0 Å². The maximum absolute atomic E-state index is 12.2. The molecule has 1 aliphatic heterocycles. The summed E-state index contributed by atoms with van der Waals surface area (Å²) in [5.41, 5.74) is 7.41. The molecule has 0 unspecified atom stereocenters. The molecule has 1 aromatic carbocycles. The normalized spacial score (nSPS) is 16.0. The summed E-state index contributed by atoms with van der Waals surface area (Å²) in [5.74, 6) is -0.198. The fourth-order valence-corrected chi connectivity index (χ4v) is 2.82. The highest BCUT2D eigenvalue weighted by Crippen LogP contribution is 2.20. The van der Waals surface area contributed by atoms with Gasteiger partial charge in [-0.1, -0.05) is 23.7 Å². The lowest BCUT2D eigenvalue weighted by Gasteiger charge is -2.30. The molecule has 1 aromatic rings. The van der Waals surface area contributed by atoms with Crippen molar-refractivity contribution in [3.63, 3.8) is 0 Å². The molecule has 0 spiro atoms. The summed E-state index contributed by atoms with van der Waals surface area (Å²) in [5, 5.41) is 0.738. The zero-order valence-electron chi connectivity index (χ0n) is 12.3. The summed E-state index contributed by atoms with van der Waals surface area (Å²) in [6.45, 7) is 3.21. The molecular formula is C16H21ClN2O2. The first-order valence-corrected chi connectivity index (χ1v) is 7.67. The van der Waals surface area contributed by atoms with E-state index < -0.39 is 0 Å². The fourth-order valence-electron chi connectivity index (χ4n) is 2.61. The van der Waals surface area contributed by atoms with Gasteiger partial charge in [-0.2, -0.15) is 0 Å². The van der Waals surface area contributed by atoms with E-state index in [-0.39, 0.29) is 17.7 Å². The number of nitrogens with two attached hydrogens (primary N) is 1. The Morgan fingerprint density at radius 2 is 2.00 bits per heavy atom. The SMILES string of the molecule is Cc1ccc(CCC(=O)N2CCC(C(N)=O)CC2)cc1Cl. The van der Waals surface area contributed by atoms with Crippen molar-refractivity contribution in [2.75, 3.05) is 13.1 Å². The molecule has 0 aromatic heterocycles. The monoisotopic (exact) mass is 308 g/mol. The minimum atomic E-state index is -0.253. The van der Waals surface area contributed by atoms with Crippen LogP contribution in [0.4, 0.5) is 0 Å². The molecule has 2 rings (SSSR count). The van der Waals surface area contributed by atoms with Crippen LogP contribution in [0.3, 0.4) is 0 Å². The zero-order chi connectivity index (χ0) is 15.4. The van der Waals surface area contributed by atoms with Crippen LogP contribution in [0.5, 0.6) is 0 Å². The summed E-state index contributed by atoms with van der Waals surface area (Å²) in [7, 11) is 0. The summed E-state index contributed by atoms with van der Waals surface area (Å²) in [6.07, 6.45) is 2.52. The van der Waals surface area contributed by atoms with E-state index >= 15 is 0 Å². The van der Waals surface area contributed by atoms with Gasteiger partial charge in [-0.15, -0.1) is 0 Å². The number of hydrogen-bond acceptors (Lipinski definition) is 2. The van der Waals surface area contributed by atoms with Crippen molar-refractivity contribution in [2.24, 2.45) is 11.7 Å². The van der Waals surface area contributed by atoms with E-state index in [0.29, 0.717) is 38.8 Å². The van der Waals surface area contributed by atoms with Crippen LogP contribution >= 0.6 is 11.6 Å². The molecule has 1 heterocycles. The lowest BCUT2D eigenvalue weighted by Crippen LogP contribution is -2.41. The Hall–Kier alpha value is -1.55. The number of aryl methyl sites for hydroxylation is 2. The molecule has 0 radical (unpaired) electrons. The number of benzene rings is 1. The molecule has 21 heavy (non-hydrogen) atoms. The Morgan fingerprint density at radius 3 is 2.57 bits per heavy atom. The molecule has 0 bridgehead atoms. The van der Waals surface area contributed by atoms with E-state index in [2.05, 4.69) is 0 Å². The molecule has 0 saturated carbocycles. The first-order valence-electron chi connectivity index (χ1n) is 7.29. The molecule has 2 amide bonds. The van der Waals surface area contributed by atoms with E-state index in [1.807, 2.05) is 30.0 Å². The largest absolute Gasteiger partial charge is 0.369 e. The second kappa shape index (κ2) is 6.94. The van der Waals surface area contributed by atoms with Crippen LogP contribution in [0.1, 0.15) is 30.4 Å². The predicted molar refractivity (Wildman–Crippen MR) is 83.0 cm³/mol. The number of carbonyl (C=O) groups is 2. The number of halogens is 1. The number of primary amides is 1. The Morgan fingerprint density at radius 1 is 1.33 bits per heavy atom. The fraction of sp³-hybridized carbons (Fsp3) is 0.500. The lowest BCUT2D eigenvalue weighted by molar-refractivity contribution is -0.134. The van der Waals surface area contributed by atoms with Crippen molar-refractivity contribution in [2.45, 2.75) is 32.6 Å². The first-order chi connectivity index (χ1) is 9.97. The van der Waals surface area contributed by atoms with Crippen LogP contribution in [0.15, 0.2) is 18.2 Å². The van der Waals surface area contributed by atoms with Crippen molar-refractivity contribution >= 4 is 23.4 Å². The molecule has 5 heteroatoms. The van der Waals surface area contributed by atoms with Gasteiger partial charge in [-0.05, 0) is 43.4 Å². The molecule has 4 nitrogen and oxygen atoms in total. The van der Waals surface area contributed by atoms with Gasteiger partial charge in [0.25, 0.3) is 0 Å². The topological polar surface area (TPSA) is 63.4 Å². The van der Waals surface area contributed by atoms with Gasteiger partial charge in [-0.3, -0.25) is 9.59 Å². The number of likely N-dealkylation sites (tertiary alicyclic amines) is 1. The van der Waals surface area contributed by atoms with Crippen LogP contribution in [0.25, 0.3) is 0 Å². The van der Waals surface area contributed by atoms with Gasteiger partial charge < -0.3 is 10.6 Å². The van der Waals surface area contributed by atoms with Crippen molar-refractivity contribution in [1.29, 1.82) is 0 Å². The van der Waals surface area contributed by atoms with E-state index in [4.69, 9.17) is 17.3 Å². The molecule has 0 atom stereocenters. The molecule has 2 N–H and O–H groups in total. The number of nitrogens with zero attached hydrogens (tertiary/aromatic N) is 1. The third kappa shape index (κ3) is 4.21. The van der Waals surface area contributed by atoms with Crippen molar-refractivity contribution in [3.05, 3.63) is 34.3 Å². The van der Waals surface area contributed by atoms with Crippen molar-refractivity contribution in [3.8, 4) is 0 Å². The Labute approximate surface area is 130 Å². The van der Waals surface area contributed by atoms with Crippen LogP contribution in [-0.2, 0) is 16.0 Å². The zero-order valence-corrected chi connectivity index (χ0v) is 13.0. The van der Waals surface area contributed by atoms with E-state index in [1.54, 1.807) is 0 Å². The van der Waals surface area contributed by atoms with Gasteiger partial charge in [0.1, 0.15) is 0 Å². The third-order valence-corrected chi connectivity index (χ3v) is 4.52. The maximum atomic E-state index is 12.2. The quantitative estimate of drug-likeness (QED) is 0.927. The molecule has 1 saturated heterocycles. The number of carbonyl (C=O) groups excluding carboxylic acids is 2. The molecule has 0 aliphatic carbocycles. The van der Waals surface area contributed by atoms with Crippen LogP contribution in [0.2, 0.25) is 5.02 Å². The standard InChI is InChI=1S/C16H21ClN2O2/c1-11-2-3-12(10-14(11)17)4-5-15(20)19-8-6-13(7-9-19)16(18)21/h2-3,10,13H,4-9H2,1H3,(H2,18,21). The van der Waals surface area contributed by atoms with Gasteiger partial charge in [0.2, 0.25) is 11.8 Å². The first kappa shape index (κ1) is 15.8. The number of amides is 2. The highest BCUT2D eigenvalue weighted by atomic mass is 35.5. The minimum Gasteiger partial charge on any atom is -0.369 e. The maximum Gasteiger partial charge on any atom is 0.222 e. The Bertz CT molecular complexity index is 537. The van der Waals surface area contributed by atoms with Gasteiger partial charge in [0, 0.05) is 30.5 Å². The second-order valence-electron chi connectivity index (χ2n) is 5.64. The summed E-state index contributed by atoms with van der Waals surface area (Å²) >= 11 is 6.08. The molecule has 1 fully saturated rings. The number of rotatable bonds is 4. The van der Waals surface area contributed by atoms with E-state index in [9.17, 15) is 9.59 Å². The van der Waals surface area contributed by atoms with Crippen LogP contribution in [-0.4, -0.2) is 29.8 Å². The van der Waals surface area contributed by atoms with Crippen LogP contribution in [0, 0.1) is 12.8 Å². The number of hydrogen-bond donors (Lipinski definition) is 1. The molecular weight excluding hydrogens is 288 g/mol. The van der Waals surface area contributed by atoms with Crippen molar-refractivity contribution in [1.82, 2.24) is 4.90 Å². The summed E-state index contributed by atoms with van der Waals surface area (Å²) in [4.78, 5) is 25.1. The highest BCUT2D eigenvalue weighted by molar-refractivity contribution is 6.31. The minimum absolute atomic E-state index is 0.0787. The average molecular weight is 309 g/mol.